The van der Waals surface area contributed by atoms with Crippen molar-refractivity contribution in [1.29, 1.82) is 0 Å². The molecule has 3 atom stereocenters. The van der Waals surface area contributed by atoms with E-state index in [1.165, 1.54) is 16.7 Å². The first-order valence-corrected chi connectivity index (χ1v) is 9.56. The highest BCUT2D eigenvalue weighted by atomic mass is 32.2. The van der Waals surface area contributed by atoms with Crippen LogP contribution in [0, 0.1) is 6.92 Å². The van der Waals surface area contributed by atoms with E-state index in [9.17, 15) is 14.7 Å². The lowest BCUT2D eigenvalue weighted by Crippen LogP contribution is -2.68. The number of thioether (sulfide) groups is 1. The predicted molar refractivity (Wildman–Crippen MR) is 103 cm³/mol. The Bertz CT molecular complexity index is 918. The number of carbonyl (C=O) groups is 2. The molecule has 0 aliphatic carbocycles. The summed E-state index contributed by atoms with van der Waals surface area (Å²) in [6.07, 6.45) is 0. The molecule has 2 aliphatic rings. The summed E-state index contributed by atoms with van der Waals surface area (Å²) >= 11 is 1.51. The first-order chi connectivity index (χ1) is 12.8. The molecule has 1 amide bonds. The minimum absolute atomic E-state index is 0.206. The average Bonchev–Trinajstić information content (AvgIpc) is 2.88. The summed E-state index contributed by atoms with van der Waals surface area (Å²) in [6, 6.07) is 10.3. The molecule has 4 rings (SSSR count). The number of hydrogen-bond donors (Lipinski definition) is 2. The fourth-order valence-electron chi connectivity index (χ4n) is 3.70. The maximum absolute atomic E-state index is 12.6. The van der Waals surface area contributed by atoms with Gasteiger partial charge in [-0.2, -0.15) is 0 Å². The van der Waals surface area contributed by atoms with E-state index in [0.29, 0.717) is 11.6 Å². The van der Waals surface area contributed by atoms with E-state index in [2.05, 4.69) is 15.3 Å². The summed E-state index contributed by atoms with van der Waals surface area (Å²) in [5, 5.41) is 12.5. The fraction of sp³-hybridized carbons (Fsp3) is 0.368. The molecular weight excluding hydrogens is 364 g/mol. The van der Waals surface area contributed by atoms with Gasteiger partial charge in [0.1, 0.15) is 29.1 Å². The third-order valence-corrected chi connectivity index (χ3v) is 6.46. The lowest BCUT2D eigenvalue weighted by molar-refractivity contribution is -0.158. The molecule has 7 nitrogen and oxygen atoms in total. The van der Waals surface area contributed by atoms with Gasteiger partial charge in [-0.05, 0) is 20.8 Å². The molecule has 2 fully saturated rings. The normalized spacial score (nSPS) is 25.7. The number of carboxylic acid groups (broad SMARTS) is 1. The van der Waals surface area contributed by atoms with Gasteiger partial charge in [0, 0.05) is 16.4 Å². The Morgan fingerprint density at radius 3 is 2.63 bits per heavy atom. The van der Waals surface area contributed by atoms with E-state index in [0.717, 1.165) is 11.3 Å². The number of aromatic nitrogens is 2. The standard InChI is InChI=1S/C19H20N4O3S/c1-10-20-12(11-7-5-4-6-8-11)9-13(21-10)22-14-16(24)23-15(18(25)26)19(2,3)27-17(14)23/h4-9,14-15,17H,1-3H3,(H,25,26)(H,20,21,22)/t14-,15-,17-/m1/s1. The summed E-state index contributed by atoms with van der Waals surface area (Å²) in [4.78, 5) is 34.6. The molecule has 2 aliphatic heterocycles. The Balaban J connectivity index is 1.59. The maximum Gasteiger partial charge on any atom is 0.327 e. The van der Waals surface area contributed by atoms with Crippen molar-refractivity contribution in [2.45, 2.75) is 43.0 Å². The van der Waals surface area contributed by atoms with Gasteiger partial charge < -0.3 is 15.3 Å². The van der Waals surface area contributed by atoms with Crippen molar-refractivity contribution < 1.29 is 14.7 Å². The van der Waals surface area contributed by atoms with Crippen LogP contribution in [0.3, 0.4) is 0 Å². The van der Waals surface area contributed by atoms with Crippen LogP contribution in [-0.4, -0.2) is 54.1 Å². The molecule has 0 unspecified atom stereocenters. The molecule has 3 heterocycles. The van der Waals surface area contributed by atoms with Crippen molar-refractivity contribution in [1.82, 2.24) is 14.9 Å². The van der Waals surface area contributed by atoms with E-state index in [4.69, 9.17) is 0 Å². The number of rotatable bonds is 4. The maximum atomic E-state index is 12.6. The van der Waals surface area contributed by atoms with E-state index < -0.39 is 22.8 Å². The molecule has 2 aromatic rings. The molecule has 0 saturated carbocycles. The lowest BCUT2D eigenvalue weighted by atomic mass is 9.96. The Kier molecular flexibility index (Phi) is 4.10. The van der Waals surface area contributed by atoms with E-state index >= 15 is 0 Å². The Morgan fingerprint density at radius 1 is 1.26 bits per heavy atom. The number of anilines is 1. The van der Waals surface area contributed by atoms with Gasteiger partial charge in [-0.25, -0.2) is 14.8 Å². The molecule has 2 saturated heterocycles. The van der Waals surface area contributed by atoms with Crippen LogP contribution in [0.5, 0.6) is 0 Å². The van der Waals surface area contributed by atoms with Crippen molar-refractivity contribution in [2.75, 3.05) is 5.32 Å². The fourth-order valence-corrected chi connectivity index (χ4v) is 5.33. The molecule has 0 radical (unpaired) electrons. The van der Waals surface area contributed by atoms with Gasteiger partial charge >= 0.3 is 5.97 Å². The number of β-lactam (4-membered cyclic amide) rings is 1. The highest BCUT2D eigenvalue weighted by Gasteiger charge is 2.63. The second-order valence-corrected chi connectivity index (χ2v) is 9.04. The van der Waals surface area contributed by atoms with Crippen LogP contribution in [0.15, 0.2) is 36.4 Å². The highest BCUT2D eigenvalue weighted by Crippen LogP contribution is 2.51. The van der Waals surface area contributed by atoms with Crippen LogP contribution in [0.2, 0.25) is 0 Å². The van der Waals surface area contributed by atoms with Gasteiger partial charge in [0.15, 0.2) is 0 Å². The zero-order chi connectivity index (χ0) is 19.3. The number of nitrogens with zero attached hydrogens (tertiary/aromatic N) is 3. The molecule has 1 aromatic carbocycles. The number of fused-ring (bicyclic) bond motifs is 1. The van der Waals surface area contributed by atoms with Gasteiger partial charge in [-0.3, -0.25) is 4.79 Å². The van der Waals surface area contributed by atoms with Gasteiger partial charge in [0.25, 0.3) is 0 Å². The highest BCUT2D eigenvalue weighted by molar-refractivity contribution is 8.01. The van der Waals surface area contributed by atoms with Crippen molar-refractivity contribution >= 4 is 29.5 Å². The first kappa shape index (κ1) is 17.8. The number of carbonyl (C=O) groups excluding carboxylic acids is 1. The molecule has 2 N–H and O–H groups in total. The largest absolute Gasteiger partial charge is 0.480 e. The molecule has 140 valence electrons. The molecule has 0 spiro atoms. The topological polar surface area (TPSA) is 95.4 Å². The van der Waals surface area contributed by atoms with Gasteiger partial charge in [0.2, 0.25) is 5.91 Å². The zero-order valence-corrected chi connectivity index (χ0v) is 16.0. The second-order valence-electron chi connectivity index (χ2n) is 7.27. The lowest BCUT2D eigenvalue weighted by Gasteiger charge is -2.43. The van der Waals surface area contributed by atoms with E-state index in [-0.39, 0.29) is 11.3 Å². The SMILES string of the molecule is Cc1nc(N[C@@H]2C(=O)N3[C@@H]2SC(C)(C)[C@H]3C(=O)O)cc(-c2ccccc2)n1. The van der Waals surface area contributed by atoms with E-state index in [1.807, 2.05) is 50.2 Å². The van der Waals surface area contributed by atoms with Crippen LogP contribution >= 0.6 is 11.8 Å². The quantitative estimate of drug-likeness (QED) is 0.782. The van der Waals surface area contributed by atoms with Crippen LogP contribution in [0.1, 0.15) is 19.7 Å². The Hall–Kier alpha value is -2.61. The average molecular weight is 384 g/mol. The Morgan fingerprint density at radius 2 is 1.96 bits per heavy atom. The number of benzene rings is 1. The van der Waals surface area contributed by atoms with Crippen LogP contribution in [0.25, 0.3) is 11.3 Å². The smallest absolute Gasteiger partial charge is 0.327 e. The first-order valence-electron chi connectivity index (χ1n) is 8.68. The second kappa shape index (κ2) is 6.23. The van der Waals surface area contributed by atoms with Crippen molar-refractivity contribution in [2.24, 2.45) is 0 Å². The van der Waals surface area contributed by atoms with Crippen molar-refractivity contribution in [3.63, 3.8) is 0 Å². The molecule has 27 heavy (non-hydrogen) atoms. The summed E-state index contributed by atoms with van der Waals surface area (Å²) in [5.41, 5.74) is 1.74. The third kappa shape index (κ3) is 2.93. The summed E-state index contributed by atoms with van der Waals surface area (Å²) < 4.78 is -0.542. The van der Waals surface area contributed by atoms with E-state index in [1.54, 1.807) is 6.92 Å². The van der Waals surface area contributed by atoms with Crippen molar-refractivity contribution in [3.05, 3.63) is 42.2 Å². The molecular formula is C19H20N4O3S. The minimum atomic E-state index is -0.967. The molecule has 8 heteroatoms. The summed E-state index contributed by atoms with van der Waals surface area (Å²) in [6.45, 7) is 5.53. The monoisotopic (exact) mass is 384 g/mol. The predicted octanol–water partition coefficient (Wildman–Crippen LogP) is 2.38. The number of carboxylic acids is 1. The van der Waals surface area contributed by atoms with Crippen molar-refractivity contribution in [3.8, 4) is 11.3 Å². The molecule has 1 aromatic heterocycles. The van der Waals surface area contributed by atoms with Crippen LogP contribution < -0.4 is 5.32 Å². The number of nitrogens with one attached hydrogen (secondary N) is 1. The number of amides is 1. The number of hydrogen-bond acceptors (Lipinski definition) is 6. The van der Waals surface area contributed by atoms with Crippen LogP contribution in [-0.2, 0) is 9.59 Å². The summed E-state index contributed by atoms with van der Waals surface area (Å²) in [7, 11) is 0. The third-order valence-electron chi connectivity index (χ3n) is 4.89. The van der Waals surface area contributed by atoms with Gasteiger partial charge in [0.05, 0.1) is 5.69 Å². The zero-order valence-electron chi connectivity index (χ0n) is 15.2. The van der Waals surface area contributed by atoms with Gasteiger partial charge in [-0.15, -0.1) is 11.8 Å². The Labute approximate surface area is 161 Å². The van der Waals surface area contributed by atoms with Crippen LogP contribution in [0.4, 0.5) is 5.82 Å². The number of aliphatic carboxylic acids is 1. The summed E-state index contributed by atoms with van der Waals surface area (Å²) in [5.74, 6) is -0.00382. The van der Waals surface area contributed by atoms with Gasteiger partial charge in [-0.1, -0.05) is 30.3 Å². The molecule has 0 bridgehead atoms. The number of aryl methyl sites for hydroxylation is 1. The minimum Gasteiger partial charge on any atom is -0.480 e.